The quantitative estimate of drug-likeness (QED) is 0.709. The molecule has 0 aliphatic rings. The predicted octanol–water partition coefficient (Wildman–Crippen LogP) is 3.73. The molecule has 1 unspecified atom stereocenters. The average molecular weight is 241 g/mol. The molecule has 0 radical (unpaired) electrons. The highest BCUT2D eigenvalue weighted by atomic mass is 35.5. The summed E-state index contributed by atoms with van der Waals surface area (Å²) < 4.78 is 5.49. The van der Waals surface area contributed by atoms with Crippen LogP contribution < -0.4 is 4.74 Å². The number of carbonyl (C=O) groups excluding carboxylic acids is 1. The molecule has 0 bridgehead atoms. The van der Waals surface area contributed by atoms with E-state index in [0.29, 0.717) is 13.0 Å². The van der Waals surface area contributed by atoms with Crippen molar-refractivity contribution in [3.8, 4) is 5.75 Å². The van der Waals surface area contributed by atoms with Crippen molar-refractivity contribution in [1.29, 1.82) is 0 Å². The van der Waals surface area contributed by atoms with Gasteiger partial charge in [0, 0.05) is 6.42 Å². The molecule has 1 atom stereocenters. The Morgan fingerprint density at radius 2 is 2.19 bits per heavy atom. The molecular formula is C13H17ClO2. The van der Waals surface area contributed by atoms with Gasteiger partial charge < -0.3 is 4.74 Å². The zero-order valence-electron chi connectivity index (χ0n) is 9.70. The number of ketones is 1. The molecule has 2 nitrogen and oxygen atoms in total. The van der Waals surface area contributed by atoms with Crippen molar-refractivity contribution in [2.24, 2.45) is 0 Å². The fourth-order valence-electron chi connectivity index (χ4n) is 1.35. The lowest BCUT2D eigenvalue weighted by atomic mass is 10.1. The number of hydrogen-bond acceptors (Lipinski definition) is 2. The summed E-state index contributed by atoms with van der Waals surface area (Å²) in [4.78, 5) is 11.5. The van der Waals surface area contributed by atoms with Gasteiger partial charge in [-0.25, -0.2) is 0 Å². The van der Waals surface area contributed by atoms with Gasteiger partial charge in [0.15, 0.2) is 5.78 Å². The molecule has 0 aromatic heterocycles. The van der Waals surface area contributed by atoms with Gasteiger partial charge in [-0.1, -0.05) is 26.0 Å². The molecule has 0 fully saturated rings. The second-order valence-electron chi connectivity index (χ2n) is 3.60. The van der Waals surface area contributed by atoms with Crippen LogP contribution in [0.5, 0.6) is 5.75 Å². The molecule has 0 heterocycles. The second-order valence-corrected chi connectivity index (χ2v) is 4.04. The molecule has 16 heavy (non-hydrogen) atoms. The Morgan fingerprint density at radius 3 is 2.81 bits per heavy atom. The Balaban J connectivity index is 2.77. The van der Waals surface area contributed by atoms with E-state index in [-0.39, 0.29) is 5.78 Å². The standard InChI is InChI=1S/C13H17ClO2/c1-3-8-16-11-7-5-6-10(9-11)13(14)12(15)4-2/h5-7,9,13H,3-4,8H2,1-2H3. The van der Waals surface area contributed by atoms with Crippen molar-refractivity contribution in [3.05, 3.63) is 29.8 Å². The van der Waals surface area contributed by atoms with Gasteiger partial charge in [0.25, 0.3) is 0 Å². The van der Waals surface area contributed by atoms with Crippen LogP contribution in [0.2, 0.25) is 0 Å². The maximum absolute atomic E-state index is 11.5. The van der Waals surface area contributed by atoms with E-state index in [1.54, 1.807) is 0 Å². The molecule has 0 saturated heterocycles. The normalized spacial score (nSPS) is 12.2. The third kappa shape index (κ3) is 3.53. The topological polar surface area (TPSA) is 26.3 Å². The van der Waals surface area contributed by atoms with Crippen LogP contribution in [-0.4, -0.2) is 12.4 Å². The van der Waals surface area contributed by atoms with Crippen LogP contribution in [-0.2, 0) is 4.79 Å². The van der Waals surface area contributed by atoms with Crippen LogP contribution in [0.4, 0.5) is 0 Å². The van der Waals surface area contributed by atoms with Crippen LogP contribution >= 0.6 is 11.6 Å². The van der Waals surface area contributed by atoms with E-state index in [1.165, 1.54) is 0 Å². The lowest BCUT2D eigenvalue weighted by Gasteiger charge is -2.10. The number of halogens is 1. The monoisotopic (exact) mass is 240 g/mol. The summed E-state index contributed by atoms with van der Waals surface area (Å²) in [6.07, 6.45) is 1.41. The first-order valence-electron chi connectivity index (χ1n) is 5.58. The number of alkyl halides is 1. The van der Waals surface area contributed by atoms with Crippen LogP contribution in [0.3, 0.4) is 0 Å². The summed E-state index contributed by atoms with van der Waals surface area (Å²) in [6, 6.07) is 7.42. The van der Waals surface area contributed by atoms with Crippen LogP contribution in [0.25, 0.3) is 0 Å². The van der Waals surface area contributed by atoms with Gasteiger partial charge in [-0.2, -0.15) is 0 Å². The molecule has 0 aliphatic carbocycles. The highest BCUT2D eigenvalue weighted by Gasteiger charge is 2.15. The Hall–Kier alpha value is -1.02. The second kappa shape index (κ2) is 6.54. The van der Waals surface area contributed by atoms with Gasteiger partial charge in [-0.05, 0) is 24.1 Å². The highest BCUT2D eigenvalue weighted by Crippen LogP contribution is 2.26. The molecule has 0 N–H and O–H groups in total. The molecule has 1 rings (SSSR count). The Bertz CT molecular complexity index is 350. The summed E-state index contributed by atoms with van der Waals surface area (Å²) in [5, 5.41) is -0.560. The smallest absolute Gasteiger partial charge is 0.154 e. The van der Waals surface area contributed by atoms with Crippen molar-refractivity contribution in [1.82, 2.24) is 0 Å². The third-order valence-corrected chi connectivity index (χ3v) is 2.75. The number of carbonyl (C=O) groups is 1. The SMILES string of the molecule is CCCOc1cccc(C(Cl)C(=O)CC)c1. The Labute approximate surface area is 102 Å². The lowest BCUT2D eigenvalue weighted by molar-refractivity contribution is -0.118. The van der Waals surface area contributed by atoms with Crippen molar-refractivity contribution in [3.63, 3.8) is 0 Å². The number of Topliss-reactive ketones (excluding diaryl/α,β-unsaturated/α-hetero) is 1. The molecule has 0 aliphatic heterocycles. The van der Waals surface area contributed by atoms with Gasteiger partial charge in [-0.3, -0.25) is 4.79 Å². The summed E-state index contributed by atoms with van der Waals surface area (Å²) in [5.41, 5.74) is 0.808. The van der Waals surface area contributed by atoms with Crippen LogP contribution in [0.15, 0.2) is 24.3 Å². The molecule has 0 amide bonds. The first-order chi connectivity index (χ1) is 7.69. The van der Waals surface area contributed by atoms with Crippen molar-refractivity contribution in [2.45, 2.75) is 32.1 Å². The zero-order valence-corrected chi connectivity index (χ0v) is 10.5. The summed E-state index contributed by atoms with van der Waals surface area (Å²) >= 11 is 6.06. The number of rotatable bonds is 6. The number of hydrogen-bond donors (Lipinski definition) is 0. The minimum Gasteiger partial charge on any atom is -0.494 e. The van der Waals surface area contributed by atoms with Crippen molar-refractivity contribution in [2.75, 3.05) is 6.61 Å². The van der Waals surface area contributed by atoms with E-state index in [4.69, 9.17) is 16.3 Å². The first kappa shape index (κ1) is 13.0. The summed E-state index contributed by atoms with van der Waals surface area (Å²) in [7, 11) is 0. The molecule has 1 aromatic rings. The maximum Gasteiger partial charge on any atom is 0.154 e. The van der Waals surface area contributed by atoms with Crippen LogP contribution in [0, 0.1) is 0 Å². The van der Waals surface area contributed by atoms with Crippen molar-refractivity contribution < 1.29 is 9.53 Å². The zero-order chi connectivity index (χ0) is 12.0. The molecule has 0 saturated carbocycles. The molecule has 3 heteroatoms. The van der Waals surface area contributed by atoms with Crippen molar-refractivity contribution >= 4 is 17.4 Å². The fraction of sp³-hybridized carbons (Fsp3) is 0.462. The highest BCUT2D eigenvalue weighted by molar-refractivity contribution is 6.31. The maximum atomic E-state index is 11.5. The minimum atomic E-state index is -0.560. The molecule has 1 aromatic carbocycles. The average Bonchev–Trinajstić information content (AvgIpc) is 2.34. The van der Waals surface area contributed by atoms with Gasteiger partial charge in [0.2, 0.25) is 0 Å². The minimum absolute atomic E-state index is 0.0364. The van der Waals surface area contributed by atoms with E-state index in [0.717, 1.165) is 17.7 Å². The largest absolute Gasteiger partial charge is 0.494 e. The van der Waals surface area contributed by atoms with E-state index < -0.39 is 5.38 Å². The third-order valence-electron chi connectivity index (χ3n) is 2.25. The first-order valence-corrected chi connectivity index (χ1v) is 6.02. The summed E-state index contributed by atoms with van der Waals surface area (Å²) in [5.74, 6) is 0.809. The van der Waals surface area contributed by atoms with Crippen LogP contribution in [0.1, 0.15) is 37.6 Å². The van der Waals surface area contributed by atoms with E-state index >= 15 is 0 Å². The van der Waals surface area contributed by atoms with Gasteiger partial charge in [-0.15, -0.1) is 11.6 Å². The Morgan fingerprint density at radius 1 is 1.44 bits per heavy atom. The lowest BCUT2D eigenvalue weighted by Crippen LogP contribution is -2.05. The van der Waals surface area contributed by atoms with E-state index in [1.807, 2.05) is 31.2 Å². The molecule has 88 valence electrons. The number of benzene rings is 1. The van der Waals surface area contributed by atoms with E-state index in [9.17, 15) is 4.79 Å². The molecular weight excluding hydrogens is 224 g/mol. The van der Waals surface area contributed by atoms with Gasteiger partial charge >= 0.3 is 0 Å². The van der Waals surface area contributed by atoms with Gasteiger partial charge in [0.05, 0.1) is 6.61 Å². The summed E-state index contributed by atoms with van der Waals surface area (Å²) in [6.45, 7) is 4.54. The fourth-order valence-corrected chi connectivity index (χ4v) is 1.64. The number of ether oxygens (including phenoxy) is 1. The predicted molar refractivity (Wildman–Crippen MR) is 66.1 cm³/mol. The van der Waals surface area contributed by atoms with E-state index in [2.05, 4.69) is 6.92 Å². The Kier molecular flexibility index (Phi) is 5.33. The molecule has 0 spiro atoms. The van der Waals surface area contributed by atoms with Gasteiger partial charge in [0.1, 0.15) is 11.1 Å².